The number of aliphatic imine (C=N–C) groups is 1. The molecule has 0 saturated carbocycles. The van der Waals surface area contributed by atoms with Gasteiger partial charge in [-0.1, -0.05) is 23.9 Å². The number of rotatable bonds is 10. The molecule has 1 unspecified atom stereocenters. The quantitative estimate of drug-likeness (QED) is 0.194. The molecule has 2 aromatic carbocycles. The third kappa shape index (κ3) is 10.7. The van der Waals surface area contributed by atoms with Gasteiger partial charge in [0.25, 0.3) is 5.24 Å². The second kappa shape index (κ2) is 15.8. The van der Waals surface area contributed by atoms with E-state index in [1.54, 1.807) is 27.3 Å². The minimum absolute atomic E-state index is 0.0509. The van der Waals surface area contributed by atoms with Crippen LogP contribution in [-0.2, 0) is 11.2 Å². The van der Waals surface area contributed by atoms with Crippen molar-refractivity contribution in [3.8, 4) is 23.1 Å². The Bertz CT molecular complexity index is 1410. The van der Waals surface area contributed by atoms with Crippen molar-refractivity contribution in [2.45, 2.75) is 11.7 Å². The Morgan fingerprint density at radius 1 is 1.02 bits per heavy atom. The van der Waals surface area contributed by atoms with Gasteiger partial charge in [0.1, 0.15) is 36.0 Å². The number of carbonyl (C=O) groups is 2. The molecule has 6 N–H and O–H groups in total. The summed E-state index contributed by atoms with van der Waals surface area (Å²) in [5.74, 6) is 3.00. The molecule has 14 nitrogen and oxygen atoms in total. The van der Waals surface area contributed by atoms with Crippen LogP contribution in [0.15, 0.2) is 65.9 Å². The highest BCUT2D eigenvalue weighted by atomic mass is 32.2. The molecular formula is C28H35N9O5S. The number of imide groups is 1. The van der Waals surface area contributed by atoms with Gasteiger partial charge < -0.3 is 35.5 Å². The van der Waals surface area contributed by atoms with E-state index in [0.717, 1.165) is 28.8 Å². The second-order valence-corrected chi connectivity index (χ2v) is 10.4. The molecular weight excluding hydrogens is 574 g/mol. The van der Waals surface area contributed by atoms with Gasteiger partial charge in [0.15, 0.2) is 5.96 Å². The van der Waals surface area contributed by atoms with Crippen LogP contribution in [0.1, 0.15) is 5.56 Å². The predicted molar refractivity (Wildman–Crippen MR) is 166 cm³/mol. The maximum atomic E-state index is 11.7. The third-order valence-electron chi connectivity index (χ3n) is 5.77. The lowest BCUT2D eigenvalue weighted by Gasteiger charge is -2.18. The van der Waals surface area contributed by atoms with Crippen LogP contribution in [0.5, 0.6) is 23.1 Å². The van der Waals surface area contributed by atoms with Crippen molar-refractivity contribution < 1.29 is 23.8 Å². The highest BCUT2D eigenvalue weighted by molar-refractivity contribution is 8.15. The van der Waals surface area contributed by atoms with Crippen LogP contribution in [-0.4, -0.2) is 84.6 Å². The first kappa shape index (κ1) is 32.5. The summed E-state index contributed by atoms with van der Waals surface area (Å²) in [7, 11) is 6.91. The molecule has 15 heteroatoms. The van der Waals surface area contributed by atoms with Gasteiger partial charge in [0, 0.05) is 27.2 Å². The van der Waals surface area contributed by atoms with Gasteiger partial charge in [-0.3, -0.25) is 20.3 Å². The lowest BCUT2D eigenvalue weighted by molar-refractivity contribution is -0.118. The Kier molecular flexibility index (Phi) is 11.9. The normalized spacial score (nSPS) is 13.6. The molecule has 4 rings (SSSR count). The summed E-state index contributed by atoms with van der Waals surface area (Å²) in [5.41, 5.74) is 11.0. The van der Waals surface area contributed by atoms with Crippen LogP contribution < -0.4 is 35.9 Å². The van der Waals surface area contributed by atoms with Gasteiger partial charge in [-0.25, -0.2) is 9.97 Å². The Morgan fingerprint density at radius 3 is 2.23 bits per heavy atom. The van der Waals surface area contributed by atoms with E-state index < -0.39 is 0 Å². The van der Waals surface area contributed by atoms with E-state index >= 15 is 0 Å². The van der Waals surface area contributed by atoms with Crippen molar-refractivity contribution in [1.29, 1.82) is 5.41 Å². The number of hydrogen-bond donors (Lipinski definition) is 4. The van der Waals surface area contributed by atoms with E-state index in [-0.39, 0.29) is 28.3 Å². The van der Waals surface area contributed by atoms with Gasteiger partial charge in [0.05, 0.1) is 18.9 Å². The molecule has 3 aromatic rings. The summed E-state index contributed by atoms with van der Waals surface area (Å²) < 4.78 is 16.8. The number of amides is 2. The number of nitrogens with two attached hydrogens (primary N) is 2. The molecule has 0 spiro atoms. The van der Waals surface area contributed by atoms with Crippen molar-refractivity contribution in [1.82, 2.24) is 20.2 Å². The molecule has 228 valence electrons. The number of anilines is 1. The number of guanidine groups is 2. The Hall–Kier alpha value is -5.05. The fraction of sp³-hybridized carbons (Fsp3) is 0.286. The van der Waals surface area contributed by atoms with E-state index in [9.17, 15) is 9.59 Å². The van der Waals surface area contributed by atoms with Crippen molar-refractivity contribution in [3.05, 3.63) is 66.5 Å². The summed E-state index contributed by atoms with van der Waals surface area (Å²) in [5, 5.41) is 8.69. The molecule has 1 aliphatic heterocycles. The molecule has 2 heterocycles. The van der Waals surface area contributed by atoms with Crippen molar-refractivity contribution in [3.63, 3.8) is 0 Å². The summed E-state index contributed by atoms with van der Waals surface area (Å²) in [4.78, 5) is 38.4. The molecule has 0 aliphatic carbocycles. The smallest absolute Gasteiger partial charge is 0.286 e. The molecule has 1 saturated heterocycles. The van der Waals surface area contributed by atoms with E-state index in [0.29, 0.717) is 37.0 Å². The largest absolute Gasteiger partial charge is 0.497 e. The molecule has 1 aromatic heterocycles. The lowest BCUT2D eigenvalue weighted by atomic mass is 10.1. The highest BCUT2D eigenvalue weighted by Crippen LogP contribution is 2.25. The monoisotopic (exact) mass is 609 g/mol. The molecule has 2 amide bonds. The van der Waals surface area contributed by atoms with Crippen molar-refractivity contribution in [2.24, 2.45) is 16.5 Å². The molecule has 0 radical (unpaired) electrons. The van der Waals surface area contributed by atoms with Gasteiger partial charge in [-0.05, 0) is 48.4 Å². The minimum atomic E-state index is -0.376. The van der Waals surface area contributed by atoms with Crippen LogP contribution in [0.2, 0.25) is 0 Å². The Morgan fingerprint density at radius 2 is 1.67 bits per heavy atom. The number of methoxy groups -OCH3 is 1. The van der Waals surface area contributed by atoms with Crippen LogP contribution in [0.4, 0.5) is 10.6 Å². The SMILES string of the molecule is CN(C)C(=N)N=C(N)N.COc1ccc(Oc2cc(N(C)CCOc3ccc(CC4SC(=O)NC4=O)cc3)ncn2)cc1. The number of benzene rings is 2. The van der Waals surface area contributed by atoms with Crippen molar-refractivity contribution in [2.75, 3.05) is 46.3 Å². The van der Waals surface area contributed by atoms with Crippen LogP contribution in [0, 0.1) is 5.41 Å². The first-order valence-electron chi connectivity index (χ1n) is 13.0. The number of nitrogens with one attached hydrogen (secondary N) is 2. The van der Waals surface area contributed by atoms with Crippen LogP contribution in [0.25, 0.3) is 0 Å². The zero-order valence-electron chi connectivity index (χ0n) is 24.3. The number of thioether (sulfide) groups is 1. The summed E-state index contributed by atoms with van der Waals surface area (Å²) in [6.45, 7) is 1.05. The van der Waals surface area contributed by atoms with Crippen molar-refractivity contribution >= 4 is 40.6 Å². The number of ether oxygens (including phenoxy) is 3. The molecule has 0 bridgehead atoms. The summed E-state index contributed by atoms with van der Waals surface area (Å²) in [6.07, 6.45) is 1.96. The van der Waals surface area contributed by atoms with Crippen LogP contribution >= 0.6 is 11.8 Å². The molecule has 43 heavy (non-hydrogen) atoms. The first-order valence-corrected chi connectivity index (χ1v) is 13.9. The first-order chi connectivity index (χ1) is 20.5. The van der Waals surface area contributed by atoms with Gasteiger partial charge in [-0.2, -0.15) is 4.99 Å². The second-order valence-electron chi connectivity index (χ2n) is 9.25. The average Bonchev–Trinajstić information content (AvgIpc) is 3.30. The Balaban J connectivity index is 0.000000489. The molecule has 1 atom stereocenters. The van der Waals surface area contributed by atoms with Gasteiger partial charge in [-0.15, -0.1) is 0 Å². The maximum absolute atomic E-state index is 11.7. The van der Waals surface area contributed by atoms with E-state index in [2.05, 4.69) is 20.3 Å². The zero-order chi connectivity index (χ0) is 31.4. The fourth-order valence-electron chi connectivity index (χ4n) is 3.46. The standard InChI is InChI=1S/C24H24N4O5S.C4H11N5/c1-28(21-14-22(26-15-25-21)33-19-9-7-17(31-2)8-10-19)11-12-32-18-5-3-16(4-6-18)13-20-23(29)27-24(30)34-20;1-9(2)4(7)8-3(5)6/h3-10,14-15,20H,11-13H2,1-2H3,(H,27,29,30);1-2H3,(H5,5,6,7,8). The average molecular weight is 610 g/mol. The van der Waals surface area contributed by atoms with E-state index in [1.807, 2.05) is 60.5 Å². The predicted octanol–water partition coefficient (Wildman–Crippen LogP) is 2.44. The summed E-state index contributed by atoms with van der Waals surface area (Å²) >= 11 is 1.03. The topological polar surface area (TPSA) is 194 Å². The lowest BCUT2D eigenvalue weighted by Crippen LogP contribution is -2.28. The van der Waals surface area contributed by atoms with Gasteiger partial charge in [0.2, 0.25) is 17.7 Å². The summed E-state index contributed by atoms with van der Waals surface area (Å²) in [6, 6.07) is 16.6. The number of aromatic nitrogens is 2. The zero-order valence-corrected chi connectivity index (χ0v) is 25.1. The van der Waals surface area contributed by atoms with Crippen LogP contribution in [0.3, 0.4) is 0 Å². The van der Waals surface area contributed by atoms with E-state index in [1.165, 1.54) is 11.2 Å². The maximum Gasteiger partial charge on any atom is 0.286 e. The molecule has 1 aliphatic rings. The number of nitrogens with zero attached hydrogens (tertiary/aromatic N) is 5. The number of hydrogen-bond acceptors (Lipinski definition) is 10. The minimum Gasteiger partial charge on any atom is -0.497 e. The fourth-order valence-corrected chi connectivity index (χ4v) is 4.32. The number of likely N-dealkylation sites (N-methyl/N-ethyl adjacent to an activating group) is 1. The van der Waals surface area contributed by atoms with E-state index in [4.69, 9.17) is 31.1 Å². The highest BCUT2D eigenvalue weighted by Gasteiger charge is 2.31. The number of carbonyl (C=O) groups excluding carboxylic acids is 2. The van der Waals surface area contributed by atoms with Gasteiger partial charge >= 0.3 is 0 Å². The third-order valence-corrected chi connectivity index (χ3v) is 6.75. The molecule has 1 fully saturated rings. The Labute approximate surface area is 253 Å².